The average molecular weight is 257 g/mol. The molecule has 0 aromatic carbocycles. The molecule has 0 spiro atoms. The molecule has 6 nitrogen and oxygen atoms in total. The average Bonchev–Trinajstić information content (AvgIpc) is 2.99. The highest BCUT2D eigenvalue weighted by atomic mass is 35.5. The van der Waals surface area contributed by atoms with E-state index in [0.717, 1.165) is 19.0 Å². The quantitative estimate of drug-likeness (QED) is 0.509. The standard InChI is InChI=1S/C10H13ClN4O2/c1-10(2,6-3-4-6)14-8-7(15(16)17)5-12-9(11)13-8/h5-6H,3-4H2,1-2H3,(H,12,13,14). The molecule has 92 valence electrons. The van der Waals surface area contributed by atoms with Gasteiger partial charge in [-0.1, -0.05) is 0 Å². The molecule has 0 saturated heterocycles. The minimum atomic E-state index is -0.512. The van der Waals surface area contributed by atoms with E-state index in [9.17, 15) is 10.1 Å². The van der Waals surface area contributed by atoms with E-state index in [0.29, 0.717) is 5.92 Å². The fourth-order valence-electron chi connectivity index (χ4n) is 1.79. The minimum absolute atomic E-state index is 0.00435. The fraction of sp³-hybridized carbons (Fsp3) is 0.600. The molecule has 1 aromatic heterocycles. The zero-order valence-electron chi connectivity index (χ0n) is 9.61. The van der Waals surface area contributed by atoms with Gasteiger partial charge in [-0.3, -0.25) is 10.1 Å². The lowest BCUT2D eigenvalue weighted by molar-refractivity contribution is -0.384. The molecule has 1 N–H and O–H groups in total. The molecule has 1 fully saturated rings. The van der Waals surface area contributed by atoms with E-state index in [4.69, 9.17) is 11.6 Å². The Hall–Kier alpha value is -1.43. The molecule has 1 aliphatic carbocycles. The molecule has 1 aliphatic rings. The van der Waals surface area contributed by atoms with Crippen LogP contribution in [0, 0.1) is 16.0 Å². The number of nitrogens with zero attached hydrogens (tertiary/aromatic N) is 3. The Bertz CT molecular complexity index is 460. The molecule has 1 saturated carbocycles. The Labute approximate surface area is 104 Å². The normalized spacial score (nSPS) is 15.7. The largest absolute Gasteiger partial charge is 0.359 e. The van der Waals surface area contributed by atoms with Gasteiger partial charge >= 0.3 is 5.69 Å². The summed E-state index contributed by atoms with van der Waals surface area (Å²) in [5.41, 5.74) is -0.370. The third-order valence-corrected chi connectivity index (χ3v) is 3.16. The zero-order chi connectivity index (χ0) is 12.6. The first-order valence-electron chi connectivity index (χ1n) is 5.35. The minimum Gasteiger partial charge on any atom is -0.359 e. The number of halogens is 1. The molecule has 0 unspecified atom stereocenters. The van der Waals surface area contributed by atoms with Gasteiger partial charge in [0.2, 0.25) is 11.1 Å². The van der Waals surface area contributed by atoms with Crippen molar-refractivity contribution in [2.45, 2.75) is 32.2 Å². The second kappa shape index (κ2) is 4.10. The van der Waals surface area contributed by atoms with Crippen LogP contribution in [0.5, 0.6) is 0 Å². The smallest absolute Gasteiger partial charge is 0.329 e. The highest BCUT2D eigenvalue weighted by molar-refractivity contribution is 6.28. The molecule has 17 heavy (non-hydrogen) atoms. The fourth-order valence-corrected chi connectivity index (χ4v) is 1.93. The topological polar surface area (TPSA) is 81.0 Å². The summed E-state index contributed by atoms with van der Waals surface area (Å²) in [6.45, 7) is 4.01. The number of nitrogens with one attached hydrogen (secondary N) is 1. The van der Waals surface area contributed by atoms with Crippen molar-refractivity contribution < 1.29 is 4.92 Å². The molecule has 0 aliphatic heterocycles. The summed E-state index contributed by atoms with van der Waals surface area (Å²) in [5.74, 6) is 0.711. The van der Waals surface area contributed by atoms with Gasteiger partial charge in [0.15, 0.2) is 0 Å². The number of anilines is 1. The van der Waals surface area contributed by atoms with Crippen LogP contribution in [-0.4, -0.2) is 20.4 Å². The van der Waals surface area contributed by atoms with Crippen LogP contribution in [0.25, 0.3) is 0 Å². The molecule has 0 bridgehead atoms. The second-order valence-corrected chi connectivity index (χ2v) is 5.09. The van der Waals surface area contributed by atoms with E-state index in [1.807, 2.05) is 13.8 Å². The van der Waals surface area contributed by atoms with Gasteiger partial charge in [0.05, 0.1) is 4.92 Å². The van der Waals surface area contributed by atoms with Gasteiger partial charge in [0.25, 0.3) is 0 Å². The van der Waals surface area contributed by atoms with Gasteiger partial charge in [-0.2, -0.15) is 4.98 Å². The van der Waals surface area contributed by atoms with Crippen LogP contribution in [0.1, 0.15) is 26.7 Å². The third-order valence-electron chi connectivity index (χ3n) is 2.98. The maximum Gasteiger partial charge on any atom is 0.329 e. The lowest BCUT2D eigenvalue weighted by Gasteiger charge is -2.26. The third kappa shape index (κ3) is 2.63. The lowest BCUT2D eigenvalue weighted by atomic mass is 9.99. The first-order valence-corrected chi connectivity index (χ1v) is 5.73. The first-order chi connectivity index (χ1) is 7.90. The summed E-state index contributed by atoms with van der Waals surface area (Å²) in [6, 6.07) is 0. The maximum atomic E-state index is 10.8. The van der Waals surface area contributed by atoms with Gasteiger partial charge in [0, 0.05) is 5.54 Å². The number of aromatic nitrogens is 2. The molecule has 0 atom stereocenters. The summed E-state index contributed by atoms with van der Waals surface area (Å²) in [7, 11) is 0. The summed E-state index contributed by atoms with van der Waals surface area (Å²) in [5, 5.41) is 13.9. The van der Waals surface area contributed by atoms with E-state index >= 15 is 0 Å². The summed E-state index contributed by atoms with van der Waals surface area (Å²) < 4.78 is 0. The number of nitro groups is 1. The molecule has 1 aromatic rings. The molecule has 1 heterocycles. The zero-order valence-corrected chi connectivity index (χ0v) is 10.4. The van der Waals surface area contributed by atoms with E-state index in [1.165, 1.54) is 0 Å². The van der Waals surface area contributed by atoms with Gasteiger partial charge < -0.3 is 5.32 Å². The molecular formula is C10H13ClN4O2. The molecule has 7 heteroatoms. The summed E-state index contributed by atoms with van der Waals surface area (Å²) >= 11 is 5.66. The highest BCUT2D eigenvalue weighted by Gasteiger charge is 2.39. The second-order valence-electron chi connectivity index (χ2n) is 4.75. The van der Waals surface area contributed by atoms with Crippen molar-refractivity contribution in [1.29, 1.82) is 0 Å². The van der Waals surface area contributed by atoms with Crippen molar-refractivity contribution in [3.63, 3.8) is 0 Å². The van der Waals surface area contributed by atoms with Crippen LogP contribution in [0.4, 0.5) is 11.5 Å². The van der Waals surface area contributed by atoms with Crippen molar-refractivity contribution >= 4 is 23.1 Å². The monoisotopic (exact) mass is 256 g/mol. The molecule has 0 amide bonds. The Balaban J connectivity index is 2.30. The van der Waals surface area contributed by atoms with E-state index in [2.05, 4.69) is 15.3 Å². The van der Waals surface area contributed by atoms with Gasteiger partial charge in [-0.25, -0.2) is 4.98 Å². The van der Waals surface area contributed by atoms with E-state index < -0.39 is 4.92 Å². The van der Waals surface area contributed by atoms with Crippen LogP contribution in [0.2, 0.25) is 5.28 Å². The Morgan fingerprint density at radius 1 is 1.59 bits per heavy atom. The van der Waals surface area contributed by atoms with Crippen LogP contribution < -0.4 is 5.32 Å². The van der Waals surface area contributed by atoms with Crippen molar-refractivity contribution in [2.75, 3.05) is 5.32 Å². The number of hydrogen-bond donors (Lipinski definition) is 1. The Morgan fingerprint density at radius 3 is 2.76 bits per heavy atom. The highest BCUT2D eigenvalue weighted by Crippen LogP contribution is 2.41. The van der Waals surface area contributed by atoms with Crippen molar-refractivity contribution in [1.82, 2.24) is 9.97 Å². The van der Waals surface area contributed by atoms with E-state index in [1.54, 1.807) is 0 Å². The molecule has 2 rings (SSSR count). The lowest BCUT2D eigenvalue weighted by Crippen LogP contribution is -2.34. The number of hydrogen-bond acceptors (Lipinski definition) is 5. The predicted molar refractivity (Wildman–Crippen MR) is 64.1 cm³/mol. The Morgan fingerprint density at radius 2 is 2.24 bits per heavy atom. The van der Waals surface area contributed by atoms with Crippen LogP contribution in [0.3, 0.4) is 0 Å². The van der Waals surface area contributed by atoms with Crippen molar-refractivity contribution in [3.8, 4) is 0 Å². The van der Waals surface area contributed by atoms with Crippen LogP contribution >= 0.6 is 11.6 Å². The van der Waals surface area contributed by atoms with Gasteiger partial charge in [-0.05, 0) is 44.2 Å². The van der Waals surface area contributed by atoms with Gasteiger partial charge in [0.1, 0.15) is 6.20 Å². The van der Waals surface area contributed by atoms with E-state index in [-0.39, 0.29) is 22.3 Å². The summed E-state index contributed by atoms with van der Waals surface area (Å²) in [6.07, 6.45) is 3.39. The first kappa shape index (κ1) is 12.0. The Kier molecular flexibility index (Phi) is 2.91. The SMILES string of the molecule is CC(C)(Nc1nc(Cl)ncc1[N+](=O)[O-])C1CC1. The van der Waals surface area contributed by atoms with Crippen molar-refractivity contribution in [2.24, 2.45) is 5.92 Å². The van der Waals surface area contributed by atoms with Crippen LogP contribution in [0.15, 0.2) is 6.20 Å². The predicted octanol–water partition coefficient (Wildman–Crippen LogP) is 2.64. The maximum absolute atomic E-state index is 10.8. The molecule has 0 radical (unpaired) electrons. The van der Waals surface area contributed by atoms with Gasteiger partial charge in [-0.15, -0.1) is 0 Å². The number of rotatable bonds is 4. The van der Waals surface area contributed by atoms with Crippen LogP contribution in [-0.2, 0) is 0 Å². The summed E-state index contributed by atoms with van der Waals surface area (Å²) in [4.78, 5) is 17.9. The van der Waals surface area contributed by atoms with Crippen molar-refractivity contribution in [3.05, 3.63) is 21.6 Å². The molecular weight excluding hydrogens is 244 g/mol.